The number of alkyl halides is 3. The Morgan fingerprint density at radius 1 is 0.689 bits per heavy atom. The van der Waals surface area contributed by atoms with E-state index in [4.69, 9.17) is 13.0 Å². The van der Waals surface area contributed by atoms with Gasteiger partial charge in [-0.15, -0.1) is 12.1 Å². The summed E-state index contributed by atoms with van der Waals surface area (Å²) >= 11 is 0. The van der Waals surface area contributed by atoms with Gasteiger partial charge in [0.2, 0.25) is 0 Å². The normalized spacial score (nSPS) is 11.4. The number of rotatable bonds is 2. The summed E-state index contributed by atoms with van der Waals surface area (Å²) in [5, 5.41) is 0. The standard InChI is InChI=1S/C18H24N2.C12H8.CHF3O3S.CF3.Pd/c1-17(2,3)13-7-9-19-15(11-13)16-12-14(8-10-20-16)18(4,5)6;1-3-7-11(8-4-1)12-9-5-2-6-10-12;2-1(3,4)8(5,6)7;2-1(3)4;/h7-12H,1-6H3;1-7,9H;(H,5,6,7);;/q;-2;;-1;/p-1. The van der Waals surface area contributed by atoms with Gasteiger partial charge in [-0.3, -0.25) is 9.97 Å². The first-order valence-corrected chi connectivity index (χ1v) is 14.3. The summed E-state index contributed by atoms with van der Waals surface area (Å²) in [5.74, 6) is 0. The van der Waals surface area contributed by atoms with Crippen LogP contribution in [0.2, 0.25) is 0 Å². The van der Waals surface area contributed by atoms with Crippen LogP contribution in [0.3, 0.4) is 0 Å². The van der Waals surface area contributed by atoms with Crippen LogP contribution < -0.4 is 0 Å². The zero-order chi connectivity index (χ0) is 33.8. The molecule has 0 amide bonds. The number of nitrogens with zero attached hydrogens (tertiary/aromatic N) is 2. The molecule has 5 nitrogen and oxygen atoms in total. The average molecular weight is 745 g/mol. The van der Waals surface area contributed by atoms with E-state index in [1.54, 1.807) is 0 Å². The molecule has 0 fully saturated rings. The van der Waals surface area contributed by atoms with E-state index in [-0.39, 0.29) is 31.3 Å². The van der Waals surface area contributed by atoms with E-state index in [0.717, 1.165) is 22.5 Å². The Morgan fingerprint density at radius 2 is 1.00 bits per heavy atom. The Hall–Kier alpha value is -3.11. The minimum absolute atomic E-state index is 0. The van der Waals surface area contributed by atoms with Crippen molar-refractivity contribution < 1.29 is 59.7 Å². The second kappa shape index (κ2) is 18.1. The number of aromatic nitrogens is 2. The largest absolute Gasteiger partial charge is 0.741 e. The van der Waals surface area contributed by atoms with Crippen molar-refractivity contribution >= 4 is 10.1 Å². The summed E-state index contributed by atoms with van der Waals surface area (Å²) in [6.07, 6.45) is 3.75. The Kier molecular flexibility index (Phi) is 16.9. The van der Waals surface area contributed by atoms with Gasteiger partial charge in [-0.25, -0.2) is 19.5 Å². The molecule has 0 unspecified atom stereocenters. The fraction of sp³-hybridized carbons (Fsp3) is 0.281. The minimum Gasteiger partial charge on any atom is -0.741 e. The summed E-state index contributed by atoms with van der Waals surface area (Å²) in [6.45, 7) is 10.2. The molecular formula is C32H32F6N2O3PdS-4. The Balaban J connectivity index is 0.000000658. The molecule has 250 valence electrons. The van der Waals surface area contributed by atoms with Gasteiger partial charge in [0.25, 0.3) is 0 Å². The van der Waals surface area contributed by atoms with Gasteiger partial charge in [0, 0.05) is 32.8 Å². The van der Waals surface area contributed by atoms with E-state index < -0.39 is 22.3 Å². The summed E-state index contributed by atoms with van der Waals surface area (Å²) in [4.78, 5) is 8.97. The molecule has 0 bridgehead atoms. The zero-order valence-electron chi connectivity index (χ0n) is 25.2. The van der Waals surface area contributed by atoms with Crippen LogP contribution in [0, 0.1) is 18.8 Å². The van der Waals surface area contributed by atoms with Gasteiger partial charge < -0.3 is 17.7 Å². The maximum atomic E-state index is 10.7. The van der Waals surface area contributed by atoms with E-state index in [1.165, 1.54) is 11.1 Å². The van der Waals surface area contributed by atoms with Crippen LogP contribution in [0.1, 0.15) is 52.7 Å². The molecule has 0 atom stereocenters. The van der Waals surface area contributed by atoms with E-state index in [9.17, 15) is 26.3 Å². The molecular weight excluding hydrogens is 713 g/mol. The van der Waals surface area contributed by atoms with Crippen LogP contribution in [0.15, 0.2) is 85.2 Å². The third-order valence-electron chi connectivity index (χ3n) is 5.51. The molecule has 0 saturated heterocycles. The van der Waals surface area contributed by atoms with Crippen molar-refractivity contribution in [1.82, 2.24) is 9.97 Å². The van der Waals surface area contributed by atoms with Crippen molar-refractivity contribution in [1.29, 1.82) is 0 Å². The predicted octanol–water partition coefficient (Wildman–Crippen LogP) is 9.08. The van der Waals surface area contributed by atoms with Gasteiger partial charge in [0.1, 0.15) is 0 Å². The summed E-state index contributed by atoms with van der Waals surface area (Å²) in [5.41, 5.74) is 1.25. The quantitative estimate of drug-likeness (QED) is 0.0673. The van der Waals surface area contributed by atoms with Crippen molar-refractivity contribution in [2.75, 3.05) is 0 Å². The number of hydrogen-bond donors (Lipinski definition) is 0. The van der Waals surface area contributed by atoms with Crippen LogP contribution in [-0.4, -0.2) is 28.4 Å². The maximum Gasteiger partial charge on any atom is 0.485 e. The van der Waals surface area contributed by atoms with Crippen LogP contribution >= 0.6 is 0 Å². The number of benzene rings is 2. The first kappa shape index (κ1) is 41.9. The van der Waals surface area contributed by atoms with Gasteiger partial charge >= 0.3 is 5.51 Å². The fourth-order valence-corrected chi connectivity index (χ4v) is 3.20. The van der Waals surface area contributed by atoms with Crippen molar-refractivity contribution in [2.45, 2.75) is 57.9 Å². The Morgan fingerprint density at radius 3 is 1.22 bits per heavy atom. The second-order valence-corrected chi connectivity index (χ2v) is 12.4. The first-order valence-electron chi connectivity index (χ1n) is 12.9. The van der Waals surface area contributed by atoms with Gasteiger partial charge in [0.15, 0.2) is 16.8 Å². The maximum absolute atomic E-state index is 10.7. The molecule has 4 aromatic rings. The molecule has 2 heterocycles. The van der Waals surface area contributed by atoms with Gasteiger partial charge in [-0.1, -0.05) is 41.5 Å². The third-order valence-corrected chi connectivity index (χ3v) is 6.07. The summed E-state index contributed by atoms with van der Waals surface area (Å²) in [7, 11) is -6.09. The summed E-state index contributed by atoms with van der Waals surface area (Å²) < 4.78 is 87.7. The summed E-state index contributed by atoms with van der Waals surface area (Å²) in [6, 6.07) is 30.6. The zero-order valence-corrected chi connectivity index (χ0v) is 27.6. The Labute approximate surface area is 274 Å². The van der Waals surface area contributed by atoms with Crippen LogP contribution in [0.5, 0.6) is 0 Å². The van der Waals surface area contributed by atoms with Crippen LogP contribution in [-0.2, 0) is 41.4 Å². The van der Waals surface area contributed by atoms with E-state index in [0.29, 0.717) is 0 Å². The minimum atomic E-state index is -6.09. The molecule has 2 aromatic carbocycles. The molecule has 4 rings (SSSR count). The van der Waals surface area contributed by atoms with Crippen molar-refractivity contribution in [3.05, 3.63) is 115 Å². The molecule has 0 N–H and O–H groups in total. The predicted molar refractivity (Wildman–Crippen MR) is 157 cm³/mol. The number of halogens is 6. The first-order chi connectivity index (χ1) is 20.1. The molecule has 45 heavy (non-hydrogen) atoms. The number of pyridine rings is 2. The molecule has 2 aromatic heterocycles. The molecule has 13 heteroatoms. The second-order valence-electron chi connectivity index (χ2n) is 11.0. The molecule has 0 radical (unpaired) electrons. The van der Waals surface area contributed by atoms with Crippen LogP contribution in [0.4, 0.5) is 26.3 Å². The van der Waals surface area contributed by atoms with Crippen molar-refractivity contribution in [3.8, 4) is 22.5 Å². The average Bonchev–Trinajstić information content (AvgIpc) is 2.93. The van der Waals surface area contributed by atoms with Gasteiger partial charge in [0.05, 0.1) is 11.4 Å². The van der Waals surface area contributed by atoms with Gasteiger partial charge in [-0.05, 0) is 46.2 Å². The van der Waals surface area contributed by atoms with E-state index in [1.807, 2.05) is 60.9 Å². The Bertz CT molecular complexity index is 1430. The molecule has 0 aliphatic rings. The SMILES string of the molecule is CC(C)(C)c1ccnc(-c2cc(C(C)(C)C)ccn2)c1.F[C-](F)F.O=S(=O)([O-])C(F)(F)F.[Pd].[c-]1ccccc1-c1[c-]cccc1. The monoisotopic (exact) mass is 744 g/mol. The van der Waals surface area contributed by atoms with E-state index >= 15 is 0 Å². The molecule has 0 saturated carbocycles. The topological polar surface area (TPSA) is 83.0 Å². The fourth-order valence-electron chi connectivity index (χ4n) is 3.20. The molecule has 0 aliphatic carbocycles. The van der Waals surface area contributed by atoms with Crippen molar-refractivity contribution in [3.63, 3.8) is 0 Å². The molecule has 0 spiro atoms. The third kappa shape index (κ3) is 16.1. The van der Waals surface area contributed by atoms with Gasteiger partial charge in [-0.2, -0.15) is 61.7 Å². The molecule has 0 aliphatic heterocycles. The van der Waals surface area contributed by atoms with E-state index in [2.05, 4.69) is 87.9 Å². The smallest absolute Gasteiger partial charge is 0.485 e. The number of hydrogen-bond acceptors (Lipinski definition) is 5. The van der Waals surface area contributed by atoms with Crippen molar-refractivity contribution in [2.24, 2.45) is 0 Å². The van der Waals surface area contributed by atoms with Crippen LogP contribution in [0.25, 0.3) is 22.5 Å².